The number of ether oxygens (including phenoxy) is 1. The number of hydroxylamine groups is 2. The van der Waals surface area contributed by atoms with Gasteiger partial charge in [0.2, 0.25) is 0 Å². The molecule has 1 aliphatic rings. The van der Waals surface area contributed by atoms with Crippen LogP contribution >= 0.6 is 11.6 Å². The third-order valence-corrected chi connectivity index (χ3v) is 4.02. The number of rotatable bonds is 10. The fourth-order valence-corrected chi connectivity index (χ4v) is 2.03. The monoisotopic (exact) mass is 417 g/mol. The van der Waals surface area contributed by atoms with Gasteiger partial charge in [-0.3, -0.25) is 9.59 Å². The second-order valence-corrected chi connectivity index (χ2v) is 6.45. The Hall–Kier alpha value is -2.20. The molecule has 1 heterocycles. The molecule has 2 unspecified atom stereocenters. The van der Waals surface area contributed by atoms with E-state index in [0.717, 1.165) is 0 Å². The highest BCUT2D eigenvalue weighted by Crippen LogP contribution is 2.16. The Bertz CT molecular complexity index is 653. The molecule has 1 saturated heterocycles. The number of carbonyl (C=O) groups excluding carboxylic acids is 2. The number of hydrogen-bond acceptors (Lipinski definition) is 6. The van der Waals surface area contributed by atoms with E-state index in [1.807, 2.05) is 6.92 Å². The van der Waals surface area contributed by atoms with E-state index in [1.54, 1.807) is 7.05 Å². The maximum Gasteiger partial charge on any atom is 0.257 e. The minimum absolute atomic E-state index is 0.0356. The van der Waals surface area contributed by atoms with E-state index in [9.17, 15) is 14.0 Å². The molecule has 0 aromatic carbocycles. The first-order valence-corrected chi connectivity index (χ1v) is 8.88. The molecular weight excluding hydrogens is 393 g/mol. The topological polar surface area (TPSA) is 89.1 Å². The Morgan fingerprint density at radius 2 is 2.14 bits per heavy atom. The Morgan fingerprint density at radius 3 is 2.79 bits per heavy atom. The summed E-state index contributed by atoms with van der Waals surface area (Å²) in [5.74, 6) is -1.48. The summed E-state index contributed by atoms with van der Waals surface area (Å²) in [5.41, 5.74) is 0.438. The summed E-state index contributed by atoms with van der Waals surface area (Å²) in [6, 6.07) is 0.0356. The van der Waals surface area contributed by atoms with Crippen LogP contribution in [0.5, 0.6) is 0 Å². The van der Waals surface area contributed by atoms with Gasteiger partial charge in [0.05, 0.1) is 11.3 Å². The average Bonchev–Trinajstić information content (AvgIpc) is 2.63. The molecule has 2 N–H and O–H groups in total. The van der Waals surface area contributed by atoms with Crippen molar-refractivity contribution in [2.45, 2.75) is 31.9 Å². The van der Waals surface area contributed by atoms with Crippen molar-refractivity contribution in [1.82, 2.24) is 15.7 Å². The van der Waals surface area contributed by atoms with Crippen molar-refractivity contribution < 1.29 is 28.6 Å². The average molecular weight is 418 g/mol. The highest BCUT2D eigenvalue weighted by atomic mass is 35.5. The number of nitrogens with zero attached hydrogens (tertiary/aromatic N) is 1. The van der Waals surface area contributed by atoms with Crippen molar-refractivity contribution in [1.29, 1.82) is 0 Å². The summed E-state index contributed by atoms with van der Waals surface area (Å²) in [6.07, 6.45) is 3.88. The molecule has 1 rings (SSSR count). The fourth-order valence-electron chi connectivity index (χ4n) is 1.96. The third-order valence-electron chi connectivity index (χ3n) is 3.68. The van der Waals surface area contributed by atoms with Crippen molar-refractivity contribution in [2.75, 3.05) is 20.2 Å². The fraction of sp³-hybridized carbons (Fsp3) is 0.444. The minimum Gasteiger partial charge on any atom is -0.491 e. The van der Waals surface area contributed by atoms with Crippen LogP contribution in [0.1, 0.15) is 19.8 Å². The molecule has 0 spiro atoms. The molecule has 0 bridgehead atoms. The van der Waals surface area contributed by atoms with Crippen LogP contribution in [0.2, 0.25) is 0 Å². The van der Waals surface area contributed by atoms with E-state index in [-0.39, 0.29) is 36.0 Å². The van der Waals surface area contributed by atoms with Gasteiger partial charge >= 0.3 is 0 Å². The Balaban J connectivity index is 2.19. The third kappa shape index (κ3) is 9.14. The van der Waals surface area contributed by atoms with Gasteiger partial charge in [-0.15, -0.1) is 4.99 Å². The standard InChI is InChI=1S/C18H25ClFN3O5/c1-12(22-18(25)16-10-13(2)23(4)28-27-16)7-8-21-17(24)11-26-9-5-6-15(19)14(3)20/h5-6,9,13,16H,1,3,7-8,10-11H2,2,4H3,(H,21,24)(H,22,25)/b9-5+,15-6+. The van der Waals surface area contributed by atoms with Crippen molar-refractivity contribution in [3.05, 3.63) is 48.1 Å². The summed E-state index contributed by atoms with van der Waals surface area (Å²) in [6.45, 7) is 8.72. The molecule has 0 aromatic rings. The summed E-state index contributed by atoms with van der Waals surface area (Å²) >= 11 is 5.50. The lowest BCUT2D eigenvalue weighted by Crippen LogP contribution is -2.46. The Morgan fingerprint density at radius 1 is 1.43 bits per heavy atom. The molecule has 8 nitrogen and oxygen atoms in total. The molecule has 2 atom stereocenters. The number of halogens is 2. The highest BCUT2D eigenvalue weighted by molar-refractivity contribution is 6.31. The zero-order valence-corrected chi connectivity index (χ0v) is 16.6. The van der Waals surface area contributed by atoms with Crippen LogP contribution in [0.15, 0.2) is 48.1 Å². The van der Waals surface area contributed by atoms with Crippen molar-refractivity contribution in [3.63, 3.8) is 0 Å². The van der Waals surface area contributed by atoms with Crippen LogP contribution in [0.3, 0.4) is 0 Å². The summed E-state index contributed by atoms with van der Waals surface area (Å²) < 4.78 is 17.5. The van der Waals surface area contributed by atoms with E-state index >= 15 is 0 Å². The zero-order chi connectivity index (χ0) is 21.1. The lowest BCUT2D eigenvalue weighted by atomic mass is 10.1. The van der Waals surface area contributed by atoms with Gasteiger partial charge in [-0.25, -0.2) is 9.28 Å². The van der Waals surface area contributed by atoms with Crippen LogP contribution < -0.4 is 10.6 Å². The van der Waals surface area contributed by atoms with E-state index < -0.39 is 11.9 Å². The summed E-state index contributed by atoms with van der Waals surface area (Å²) in [5, 5.41) is 6.61. The molecule has 0 saturated carbocycles. The molecular formula is C18H25ClFN3O5. The first-order chi connectivity index (χ1) is 13.2. The second-order valence-electron chi connectivity index (χ2n) is 6.04. The van der Waals surface area contributed by atoms with Crippen LogP contribution in [0.4, 0.5) is 4.39 Å². The van der Waals surface area contributed by atoms with Crippen LogP contribution in [0.25, 0.3) is 0 Å². The van der Waals surface area contributed by atoms with E-state index in [2.05, 4.69) is 23.8 Å². The molecule has 0 aliphatic carbocycles. The number of carbonyl (C=O) groups is 2. The quantitative estimate of drug-likeness (QED) is 0.322. The molecule has 10 heteroatoms. The van der Waals surface area contributed by atoms with E-state index in [4.69, 9.17) is 26.2 Å². The van der Waals surface area contributed by atoms with E-state index in [1.165, 1.54) is 23.5 Å². The molecule has 0 radical (unpaired) electrons. The van der Waals surface area contributed by atoms with Gasteiger partial charge in [0, 0.05) is 38.2 Å². The lowest BCUT2D eigenvalue weighted by molar-refractivity contribution is -0.464. The summed E-state index contributed by atoms with van der Waals surface area (Å²) in [4.78, 5) is 33.6. The van der Waals surface area contributed by atoms with Crippen LogP contribution in [-0.4, -0.2) is 49.2 Å². The zero-order valence-electron chi connectivity index (χ0n) is 15.9. The van der Waals surface area contributed by atoms with Gasteiger partial charge in [0.15, 0.2) is 12.7 Å². The maximum atomic E-state index is 12.6. The second kappa shape index (κ2) is 12.3. The van der Waals surface area contributed by atoms with Crippen molar-refractivity contribution in [2.24, 2.45) is 0 Å². The smallest absolute Gasteiger partial charge is 0.257 e. The van der Waals surface area contributed by atoms with Gasteiger partial charge < -0.3 is 15.4 Å². The Labute approximate surface area is 168 Å². The predicted molar refractivity (Wildman–Crippen MR) is 102 cm³/mol. The summed E-state index contributed by atoms with van der Waals surface area (Å²) in [7, 11) is 1.72. The molecule has 0 aromatic heterocycles. The highest BCUT2D eigenvalue weighted by Gasteiger charge is 2.30. The van der Waals surface area contributed by atoms with Gasteiger partial charge in [-0.05, 0) is 19.1 Å². The first-order valence-electron chi connectivity index (χ1n) is 8.51. The number of allylic oxidation sites excluding steroid dienone is 4. The van der Waals surface area contributed by atoms with Crippen molar-refractivity contribution in [3.8, 4) is 0 Å². The van der Waals surface area contributed by atoms with E-state index in [0.29, 0.717) is 18.5 Å². The molecule has 28 heavy (non-hydrogen) atoms. The molecule has 1 fully saturated rings. The van der Waals surface area contributed by atoms with Crippen LogP contribution in [-0.2, 0) is 24.2 Å². The number of nitrogens with one attached hydrogen (secondary N) is 2. The van der Waals surface area contributed by atoms with Crippen LogP contribution in [0, 0.1) is 0 Å². The normalized spacial score (nSPS) is 20.6. The van der Waals surface area contributed by atoms with Gasteiger partial charge in [0.25, 0.3) is 11.8 Å². The SMILES string of the molecule is C=C(CCNC(=O)CO/C=C/C=C(/Cl)C(=C)F)NC(=O)C1CC(C)N(C)OO1. The van der Waals surface area contributed by atoms with Gasteiger partial charge in [0.1, 0.15) is 5.83 Å². The Kier molecular flexibility index (Phi) is 10.5. The van der Waals surface area contributed by atoms with Gasteiger partial charge in [-0.1, -0.05) is 24.8 Å². The minimum atomic E-state index is -0.763. The molecule has 156 valence electrons. The van der Waals surface area contributed by atoms with Crippen molar-refractivity contribution >= 4 is 23.4 Å². The number of hydrogen-bond donors (Lipinski definition) is 2. The predicted octanol–water partition coefficient (Wildman–Crippen LogP) is 2.21. The van der Waals surface area contributed by atoms with Gasteiger partial charge in [-0.2, -0.15) is 5.06 Å². The lowest BCUT2D eigenvalue weighted by Gasteiger charge is -2.31. The largest absolute Gasteiger partial charge is 0.491 e. The molecule has 1 aliphatic heterocycles. The molecule has 2 amide bonds. The number of amides is 2. The maximum absolute atomic E-state index is 12.6. The first kappa shape index (κ1) is 23.8.